The van der Waals surface area contributed by atoms with Crippen molar-refractivity contribution < 1.29 is 4.79 Å². The zero-order valence-corrected chi connectivity index (χ0v) is 16.2. The highest BCUT2D eigenvalue weighted by molar-refractivity contribution is 8.00. The van der Waals surface area contributed by atoms with Gasteiger partial charge in [0.1, 0.15) is 6.33 Å². The second-order valence-electron chi connectivity index (χ2n) is 6.28. The maximum absolute atomic E-state index is 12.2. The number of anilines is 1. The summed E-state index contributed by atoms with van der Waals surface area (Å²) < 4.78 is 3.88. The molecule has 3 aromatic rings. The largest absolute Gasteiger partial charge is 0.308 e. The summed E-state index contributed by atoms with van der Waals surface area (Å²) in [4.78, 5) is 16.6. The highest BCUT2D eigenvalue weighted by atomic mass is 35.5. The molecule has 26 heavy (non-hydrogen) atoms. The van der Waals surface area contributed by atoms with Crippen molar-refractivity contribution in [1.29, 1.82) is 0 Å². The van der Waals surface area contributed by atoms with E-state index in [1.807, 2.05) is 47.5 Å². The first-order valence-corrected chi connectivity index (χ1v) is 9.63. The van der Waals surface area contributed by atoms with Gasteiger partial charge in [-0.15, -0.1) is 11.8 Å². The second-order valence-corrected chi connectivity index (χ2v) is 7.81. The third-order valence-electron chi connectivity index (χ3n) is 4.61. The quantitative estimate of drug-likeness (QED) is 0.728. The van der Waals surface area contributed by atoms with Crippen molar-refractivity contribution in [2.24, 2.45) is 7.05 Å². The molecule has 0 bridgehead atoms. The van der Waals surface area contributed by atoms with E-state index < -0.39 is 0 Å². The van der Waals surface area contributed by atoms with Crippen LogP contribution < -0.4 is 5.32 Å². The first-order valence-electron chi connectivity index (χ1n) is 8.20. The van der Waals surface area contributed by atoms with Crippen molar-refractivity contribution in [2.75, 3.05) is 11.1 Å². The molecule has 1 aliphatic heterocycles. The number of nitrogens with zero attached hydrogens (tertiary/aromatic N) is 4. The number of amides is 1. The van der Waals surface area contributed by atoms with Gasteiger partial charge in [-0.1, -0.05) is 17.7 Å². The number of rotatable bonds is 2. The van der Waals surface area contributed by atoms with Gasteiger partial charge in [0.2, 0.25) is 5.91 Å². The molecule has 4 rings (SSSR count). The van der Waals surface area contributed by atoms with E-state index in [1.165, 1.54) is 0 Å². The predicted molar refractivity (Wildman–Crippen MR) is 104 cm³/mol. The van der Waals surface area contributed by atoms with Gasteiger partial charge in [0.05, 0.1) is 22.4 Å². The van der Waals surface area contributed by atoms with Gasteiger partial charge >= 0.3 is 0 Å². The molecule has 0 fully saturated rings. The summed E-state index contributed by atoms with van der Waals surface area (Å²) in [5.74, 6) is 0.909. The summed E-state index contributed by atoms with van der Waals surface area (Å²) in [7, 11) is 1.94. The Morgan fingerprint density at radius 2 is 2.15 bits per heavy atom. The molecular formula is C18H18ClN5OS. The van der Waals surface area contributed by atoms with Crippen LogP contribution in [0.15, 0.2) is 30.6 Å². The van der Waals surface area contributed by atoms with Crippen LogP contribution in [0.5, 0.6) is 0 Å². The third kappa shape index (κ3) is 2.81. The number of fused-ring (bicyclic) bond motifs is 1. The number of carbonyl (C=O) groups is 1. The van der Waals surface area contributed by atoms with E-state index in [0.29, 0.717) is 16.6 Å². The molecule has 3 heterocycles. The topological polar surface area (TPSA) is 64.7 Å². The Hall–Kier alpha value is -2.25. The number of halogens is 1. The lowest BCUT2D eigenvalue weighted by Crippen LogP contribution is -2.12. The first-order chi connectivity index (χ1) is 12.5. The number of thioether (sulfide) groups is 1. The summed E-state index contributed by atoms with van der Waals surface area (Å²) in [6.07, 6.45) is 1.73. The summed E-state index contributed by atoms with van der Waals surface area (Å²) in [6.45, 7) is 4.05. The van der Waals surface area contributed by atoms with Gasteiger partial charge in [-0.25, -0.2) is 4.98 Å². The Labute approximate surface area is 160 Å². The molecule has 0 radical (unpaired) electrons. The number of hydrogen-bond acceptors (Lipinski definition) is 4. The van der Waals surface area contributed by atoms with E-state index in [0.717, 1.165) is 28.3 Å². The molecule has 1 atom stereocenters. The Morgan fingerprint density at radius 3 is 2.85 bits per heavy atom. The van der Waals surface area contributed by atoms with E-state index in [1.54, 1.807) is 18.1 Å². The average Bonchev–Trinajstić information content (AvgIpc) is 3.06. The number of carbonyl (C=O) groups excluding carboxylic acids is 1. The molecule has 1 N–H and O–H groups in total. The van der Waals surface area contributed by atoms with Crippen LogP contribution >= 0.6 is 23.4 Å². The van der Waals surface area contributed by atoms with Crippen molar-refractivity contribution in [3.8, 4) is 5.69 Å². The fourth-order valence-electron chi connectivity index (χ4n) is 3.33. The van der Waals surface area contributed by atoms with Gasteiger partial charge in [0.15, 0.2) is 5.82 Å². The zero-order chi connectivity index (χ0) is 18.4. The fraction of sp³-hybridized carbons (Fsp3) is 0.278. The zero-order valence-electron chi connectivity index (χ0n) is 14.7. The van der Waals surface area contributed by atoms with Crippen LogP contribution in [0.4, 0.5) is 5.82 Å². The first kappa shape index (κ1) is 17.2. The molecular weight excluding hydrogens is 370 g/mol. The lowest BCUT2D eigenvalue weighted by atomic mass is 10.1. The van der Waals surface area contributed by atoms with Crippen LogP contribution in [0.2, 0.25) is 5.02 Å². The van der Waals surface area contributed by atoms with Gasteiger partial charge < -0.3 is 5.32 Å². The molecule has 0 unspecified atom stereocenters. The monoisotopic (exact) mass is 387 g/mol. The van der Waals surface area contributed by atoms with Gasteiger partial charge in [0, 0.05) is 29.0 Å². The standard InChI is InChI=1S/C18H18ClN5OS/c1-10-15(11(2)23(3)22-10)17-16-18(21-14(25)8-26-17)20-9-24(16)13-6-4-5-12(19)7-13/h4-7,9,17H,8H2,1-3H3,(H,21,25)/t17-/m0/s1. The average molecular weight is 388 g/mol. The lowest BCUT2D eigenvalue weighted by Gasteiger charge is -2.18. The van der Waals surface area contributed by atoms with Crippen LogP contribution in [-0.2, 0) is 11.8 Å². The summed E-state index contributed by atoms with van der Waals surface area (Å²) in [5.41, 5.74) is 5.01. The van der Waals surface area contributed by atoms with Crippen LogP contribution in [0.1, 0.15) is 27.9 Å². The van der Waals surface area contributed by atoms with Gasteiger partial charge in [-0.2, -0.15) is 5.10 Å². The molecule has 0 spiro atoms. The van der Waals surface area contributed by atoms with Crippen molar-refractivity contribution in [3.63, 3.8) is 0 Å². The molecule has 2 aromatic heterocycles. The van der Waals surface area contributed by atoms with Crippen molar-refractivity contribution >= 4 is 35.1 Å². The van der Waals surface area contributed by atoms with Crippen LogP contribution in [0.3, 0.4) is 0 Å². The van der Waals surface area contributed by atoms with E-state index in [4.69, 9.17) is 11.6 Å². The minimum absolute atomic E-state index is 0.0470. The predicted octanol–water partition coefficient (Wildman–Crippen LogP) is 3.65. The highest BCUT2D eigenvalue weighted by Crippen LogP contribution is 2.44. The molecule has 0 aliphatic carbocycles. The van der Waals surface area contributed by atoms with Gasteiger partial charge in [0.25, 0.3) is 0 Å². The maximum atomic E-state index is 12.2. The third-order valence-corrected chi connectivity index (χ3v) is 6.06. The minimum atomic E-state index is -0.0564. The number of nitrogens with one attached hydrogen (secondary N) is 1. The Kier molecular flexibility index (Phi) is 4.28. The molecule has 1 amide bonds. The van der Waals surface area contributed by atoms with Crippen LogP contribution in [0.25, 0.3) is 5.69 Å². The van der Waals surface area contributed by atoms with E-state index in [9.17, 15) is 4.79 Å². The number of benzene rings is 1. The SMILES string of the molecule is Cc1nn(C)c(C)c1[C@@H]1SCC(=O)Nc2ncn(-c3cccc(Cl)c3)c21. The highest BCUT2D eigenvalue weighted by Gasteiger charge is 2.32. The molecule has 0 saturated carbocycles. The normalized spacial score (nSPS) is 16.9. The van der Waals surface area contributed by atoms with Crippen molar-refractivity contribution in [1.82, 2.24) is 19.3 Å². The molecule has 1 aromatic carbocycles. The smallest absolute Gasteiger partial charge is 0.235 e. The number of aryl methyl sites for hydroxylation is 2. The Balaban J connectivity index is 1.94. The van der Waals surface area contributed by atoms with Crippen LogP contribution in [-0.4, -0.2) is 31.0 Å². The molecule has 6 nitrogen and oxygen atoms in total. The van der Waals surface area contributed by atoms with Gasteiger partial charge in [-0.05, 0) is 32.0 Å². The minimum Gasteiger partial charge on any atom is -0.308 e. The van der Waals surface area contributed by atoms with E-state index in [2.05, 4.69) is 22.3 Å². The molecule has 1 aliphatic rings. The Morgan fingerprint density at radius 1 is 1.35 bits per heavy atom. The fourth-order valence-corrected chi connectivity index (χ4v) is 4.80. The van der Waals surface area contributed by atoms with E-state index >= 15 is 0 Å². The van der Waals surface area contributed by atoms with E-state index in [-0.39, 0.29) is 11.2 Å². The summed E-state index contributed by atoms with van der Waals surface area (Å²) >= 11 is 7.77. The van der Waals surface area contributed by atoms with Crippen molar-refractivity contribution in [3.05, 3.63) is 58.3 Å². The molecule has 0 saturated heterocycles. The summed E-state index contributed by atoms with van der Waals surface area (Å²) in [5, 5.41) is 8.07. The molecule has 8 heteroatoms. The summed E-state index contributed by atoms with van der Waals surface area (Å²) in [6, 6.07) is 7.61. The maximum Gasteiger partial charge on any atom is 0.235 e. The molecule has 134 valence electrons. The number of imidazole rings is 1. The Bertz CT molecular complexity index is 1010. The lowest BCUT2D eigenvalue weighted by molar-refractivity contribution is -0.113. The van der Waals surface area contributed by atoms with Crippen LogP contribution in [0, 0.1) is 13.8 Å². The second kappa shape index (κ2) is 6.48. The number of aromatic nitrogens is 4. The van der Waals surface area contributed by atoms with Gasteiger partial charge in [-0.3, -0.25) is 14.0 Å². The number of hydrogen-bond donors (Lipinski definition) is 1. The van der Waals surface area contributed by atoms with Crippen molar-refractivity contribution in [2.45, 2.75) is 19.1 Å².